The molecule has 6 nitrogen and oxygen atoms in total. The van der Waals surface area contributed by atoms with Crippen molar-refractivity contribution in [2.75, 3.05) is 12.4 Å². The lowest BCUT2D eigenvalue weighted by atomic mass is 9.92. The lowest BCUT2D eigenvalue weighted by Crippen LogP contribution is -2.41. The highest BCUT2D eigenvalue weighted by Gasteiger charge is 2.34. The van der Waals surface area contributed by atoms with Crippen molar-refractivity contribution in [3.05, 3.63) is 29.3 Å². The normalized spacial score (nSPS) is 14.1. The van der Waals surface area contributed by atoms with E-state index in [0.717, 1.165) is 4.90 Å². The minimum atomic E-state index is -1.01. The fourth-order valence-electron chi connectivity index (χ4n) is 1.84. The molecule has 0 unspecified atom stereocenters. The van der Waals surface area contributed by atoms with Crippen molar-refractivity contribution in [3.8, 4) is 0 Å². The highest BCUT2D eigenvalue weighted by Crippen LogP contribution is 2.26. The molecule has 2 rings (SSSR count). The molecule has 0 fully saturated rings. The zero-order chi connectivity index (χ0) is 15.9. The standard InChI is InChI=1S/C14H15N3O3S/c1-14(2,12(15)21)13(20)16-7-4-5-8-9(6-7)11(19)17(3)10(8)18/h4-6H,1-3H3,(H2,15,21)(H,16,20). The molecule has 21 heavy (non-hydrogen) atoms. The molecule has 0 aliphatic carbocycles. The average Bonchev–Trinajstić information content (AvgIpc) is 2.63. The van der Waals surface area contributed by atoms with E-state index in [1.807, 2.05) is 0 Å². The molecule has 3 N–H and O–H groups in total. The largest absolute Gasteiger partial charge is 0.392 e. The van der Waals surface area contributed by atoms with E-state index in [1.165, 1.54) is 19.2 Å². The molecule has 110 valence electrons. The Morgan fingerprint density at radius 3 is 2.38 bits per heavy atom. The van der Waals surface area contributed by atoms with Crippen molar-refractivity contribution in [1.82, 2.24) is 4.90 Å². The van der Waals surface area contributed by atoms with Crippen molar-refractivity contribution >= 4 is 40.6 Å². The first-order valence-electron chi connectivity index (χ1n) is 6.24. The van der Waals surface area contributed by atoms with Crippen molar-refractivity contribution in [2.24, 2.45) is 11.1 Å². The number of rotatable bonds is 3. The third kappa shape index (κ3) is 2.40. The van der Waals surface area contributed by atoms with E-state index >= 15 is 0 Å². The first kappa shape index (κ1) is 15.1. The van der Waals surface area contributed by atoms with Gasteiger partial charge >= 0.3 is 0 Å². The predicted molar refractivity (Wildman–Crippen MR) is 82.1 cm³/mol. The summed E-state index contributed by atoms with van der Waals surface area (Å²) < 4.78 is 0. The first-order chi connectivity index (χ1) is 9.66. The van der Waals surface area contributed by atoms with Gasteiger partial charge in [-0.05, 0) is 32.0 Å². The van der Waals surface area contributed by atoms with Gasteiger partial charge in [-0.25, -0.2) is 0 Å². The summed E-state index contributed by atoms with van der Waals surface area (Å²) in [6.45, 7) is 3.22. The van der Waals surface area contributed by atoms with Crippen molar-refractivity contribution < 1.29 is 14.4 Å². The van der Waals surface area contributed by atoms with E-state index in [9.17, 15) is 14.4 Å². The van der Waals surface area contributed by atoms with Gasteiger partial charge in [0.2, 0.25) is 5.91 Å². The summed E-state index contributed by atoms with van der Waals surface area (Å²) in [5.41, 5.74) is 5.55. The first-order valence-corrected chi connectivity index (χ1v) is 6.65. The number of nitrogens with two attached hydrogens (primary N) is 1. The van der Waals surface area contributed by atoms with Crippen LogP contribution in [0.3, 0.4) is 0 Å². The van der Waals surface area contributed by atoms with Gasteiger partial charge in [-0.1, -0.05) is 12.2 Å². The molecular weight excluding hydrogens is 290 g/mol. The van der Waals surface area contributed by atoms with Gasteiger partial charge in [0.1, 0.15) is 0 Å². The van der Waals surface area contributed by atoms with Gasteiger partial charge < -0.3 is 11.1 Å². The molecule has 1 aromatic carbocycles. The van der Waals surface area contributed by atoms with Gasteiger partial charge in [0.15, 0.2) is 0 Å². The second kappa shape index (κ2) is 4.92. The number of thiocarbonyl (C=S) groups is 1. The fraction of sp³-hybridized carbons (Fsp3) is 0.286. The molecule has 0 bridgehead atoms. The van der Waals surface area contributed by atoms with Crippen LogP contribution >= 0.6 is 12.2 Å². The second-order valence-corrected chi connectivity index (χ2v) is 5.81. The smallest absolute Gasteiger partial charge is 0.261 e. The number of amides is 3. The Morgan fingerprint density at radius 1 is 1.24 bits per heavy atom. The molecule has 1 heterocycles. The van der Waals surface area contributed by atoms with Crippen molar-refractivity contribution in [2.45, 2.75) is 13.8 Å². The maximum Gasteiger partial charge on any atom is 0.261 e. The molecule has 1 aliphatic heterocycles. The molecule has 0 aromatic heterocycles. The summed E-state index contributed by atoms with van der Waals surface area (Å²) in [5.74, 6) is -1.11. The van der Waals surface area contributed by atoms with Gasteiger partial charge in [-0.2, -0.15) is 0 Å². The van der Waals surface area contributed by atoms with Crippen LogP contribution in [0.1, 0.15) is 34.6 Å². The molecule has 7 heteroatoms. The van der Waals surface area contributed by atoms with E-state index in [-0.39, 0.29) is 28.3 Å². The Labute approximate surface area is 127 Å². The van der Waals surface area contributed by atoms with Crippen molar-refractivity contribution in [1.29, 1.82) is 0 Å². The Balaban J connectivity index is 2.30. The zero-order valence-corrected chi connectivity index (χ0v) is 12.7. The minimum absolute atomic E-state index is 0.0761. The van der Waals surface area contributed by atoms with E-state index < -0.39 is 5.41 Å². The van der Waals surface area contributed by atoms with E-state index in [4.69, 9.17) is 18.0 Å². The van der Waals surface area contributed by atoms with Gasteiger partial charge in [0.05, 0.1) is 21.5 Å². The summed E-state index contributed by atoms with van der Waals surface area (Å²) in [6.07, 6.45) is 0. The molecule has 0 saturated carbocycles. The number of nitrogens with zero attached hydrogens (tertiary/aromatic N) is 1. The van der Waals surface area contributed by atoms with Crippen LogP contribution in [0.2, 0.25) is 0 Å². The van der Waals surface area contributed by atoms with E-state index in [2.05, 4.69) is 5.32 Å². The lowest BCUT2D eigenvalue weighted by molar-refractivity contribution is -0.121. The number of benzene rings is 1. The molecule has 1 aliphatic rings. The van der Waals surface area contributed by atoms with Crippen LogP contribution in [0.4, 0.5) is 5.69 Å². The predicted octanol–water partition coefficient (Wildman–Crippen LogP) is 1.16. The average molecular weight is 305 g/mol. The molecule has 0 atom stereocenters. The summed E-state index contributed by atoms with van der Waals surface area (Å²) >= 11 is 4.86. The molecule has 0 spiro atoms. The Kier molecular flexibility index (Phi) is 3.54. The minimum Gasteiger partial charge on any atom is -0.392 e. The number of nitrogens with one attached hydrogen (secondary N) is 1. The van der Waals surface area contributed by atoms with Gasteiger partial charge in [0.25, 0.3) is 11.8 Å². The highest BCUT2D eigenvalue weighted by atomic mass is 32.1. The van der Waals surface area contributed by atoms with Crippen molar-refractivity contribution in [3.63, 3.8) is 0 Å². The third-order valence-corrected chi connectivity index (χ3v) is 4.04. The Morgan fingerprint density at radius 2 is 1.81 bits per heavy atom. The van der Waals surface area contributed by atoms with E-state index in [1.54, 1.807) is 19.9 Å². The summed E-state index contributed by atoms with van der Waals surface area (Å²) in [6, 6.07) is 4.56. The maximum atomic E-state index is 12.1. The maximum absolute atomic E-state index is 12.1. The van der Waals surface area contributed by atoms with Gasteiger partial charge in [-0.3, -0.25) is 19.3 Å². The number of hydrogen-bond acceptors (Lipinski definition) is 4. The molecular formula is C14H15N3O3S. The fourth-order valence-corrected chi connectivity index (χ4v) is 1.93. The second-order valence-electron chi connectivity index (χ2n) is 5.37. The Hall–Kier alpha value is -2.28. The topological polar surface area (TPSA) is 92.5 Å². The molecule has 1 aromatic rings. The number of carbonyl (C=O) groups excluding carboxylic acids is 3. The zero-order valence-electron chi connectivity index (χ0n) is 11.9. The summed E-state index contributed by atoms with van der Waals surface area (Å²) in [7, 11) is 1.42. The quantitative estimate of drug-likeness (QED) is 0.646. The Bertz CT molecular complexity index is 682. The summed E-state index contributed by atoms with van der Waals surface area (Å²) in [5, 5.41) is 2.65. The van der Waals surface area contributed by atoms with Crippen LogP contribution in [0, 0.1) is 5.41 Å². The van der Waals surface area contributed by atoms with Crippen LogP contribution in [0.5, 0.6) is 0 Å². The number of carbonyl (C=O) groups is 3. The van der Waals surface area contributed by atoms with Crippen LogP contribution in [-0.2, 0) is 4.79 Å². The van der Waals surface area contributed by atoms with Crippen LogP contribution < -0.4 is 11.1 Å². The molecule has 3 amide bonds. The van der Waals surface area contributed by atoms with E-state index in [0.29, 0.717) is 11.3 Å². The van der Waals surface area contributed by atoms with Gasteiger partial charge in [-0.15, -0.1) is 0 Å². The summed E-state index contributed by atoms with van der Waals surface area (Å²) in [4.78, 5) is 36.9. The third-order valence-electron chi connectivity index (χ3n) is 3.53. The number of fused-ring (bicyclic) bond motifs is 1. The SMILES string of the molecule is CN1C(=O)c2ccc(NC(=O)C(C)(C)C(N)=S)cc2C1=O. The lowest BCUT2D eigenvalue weighted by Gasteiger charge is -2.22. The number of hydrogen-bond donors (Lipinski definition) is 2. The number of imide groups is 1. The molecule has 0 radical (unpaired) electrons. The highest BCUT2D eigenvalue weighted by molar-refractivity contribution is 7.80. The van der Waals surface area contributed by atoms with Gasteiger partial charge in [0, 0.05) is 12.7 Å². The molecule has 0 saturated heterocycles. The number of anilines is 1. The van der Waals surface area contributed by atoms with Crippen LogP contribution in [0.15, 0.2) is 18.2 Å². The monoisotopic (exact) mass is 305 g/mol. The van der Waals surface area contributed by atoms with Crippen LogP contribution in [-0.4, -0.2) is 34.7 Å². The van der Waals surface area contributed by atoms with Crippen LogP contribution in [0.25, 0.3) is 0 Å².